The minimum atomic E-state index is -0.0794. The molecule has 0 fully saturated rings. The number of rotatable bonds is 5. The van der Waals surface area contributed by atoms with E-state index in [1.54, 1.807) is 10.7 Å². The van der Waals surface area contributed by atoms with E-state index in [2.05, 4.69) is 10.4 Å². The summed E-state index contributed by atoms with van der Waals surface area (Å²) in [5.41, 5.74) is 2.03. The van der Waals surface area contributed by atoms with Crippen LogP contribution in [0.1, 0.15) is 11.1 Å². The Hall–Kier alpha value is -2.59. The number of amides is 1. The number of hydrogen-bond acceptors (Lipinski definition) is 2. The Morgan fingerprint density at radius 2 is 1.83 bits per heavy atom. The first-order valence-corrected chi connectivity index (χ1v) is 7.68. The molecule has 1 heterocycles. The van der Waals surface area contributed by atoms with Gasteiger partial charge in [0, 0.05) is 17.3 Å². The topological polar surface area (TPSA) is 46.9 Å². The fourth-order valence-corrected chi connectivity index (χ4v) is 2.52. The lowest BCUT2D eigenvalue weighted by molar-refractivity contribution is -0.115. The number of aromatic nitrogens is 2. The molecule has 2 aromatic carbocycles. The molecule has 4 nitrogen and oxygen atoms in total. The van der Waals surface area contributed by atoms with Crippen molar-refractivity contribution in [3.05, 3.63) is 83.0 Å². The highest BCUT2D eigenvalue weighted by Crippen LogP contribution is 2.12. The second-order valence-corrected chi connectivity index (χ2v) is 5.68. The summed E-state index contributed by atoms with van der Waals surface area (Å²) in [4.78, 5) is 12.0. The van der Waals surface area contributed by atoms with Crippen molar-refractivity contribution >= 4 is 23.3 Å². The second kappa shape index (κ2) is 7.11. The molecule has 1 N–H and O–H groups in total. The van der Waals surface area contributed by atoms with E-state index < -0.39 is 0 Å². The van der Waals surface area contributed by atoms with Gasteiger partial charge in [0.25, 0.3) is 0 Å². The second-order valence-electron chi connectivity index (χ2n) is 5.24. The summed E-state index contributed by atoms with van der Waals surface area (Å²) in [5.74, 6) is 0.470. The molecule has 0 unspecified atom stereocenters. The molecule has 3 rings (SSSR count). The standard InChI is InChI=1S/C18H16ClN3O/c19-16-8-4-7-15(11-16)13-22-10-9-17(21-22)20-18(23)12-14-5-2-1-3-6-14/h1-11H,12-13H2,(H,20,21,23). The lowest BCUT2D eigenvalue weighted by atomic mass is 10.1. The summed E-state index contributed by atoms with van der Waals surface area (Å²) >= 11 is 5.98. The van der Waals surface area contributed by atoms with Crippen LogP contribution in [0.4, 0.5) is 5.82 Å². The Balaban J connectivity index is 1.60. The zero-order valence-corrected chi connectivity index (χ0v) is 13.2. The van der Waals surface area contributed by atoms with Crippen LogP contribution < -0.4 is 5.32 Å². The third-order valence-electron chi connectivity index (χ3n) is 3.35. The van der Waals surface area contributed by atoms with Crippen LogP contribution in [0.25, 0.3) is 0 Å². The summed E-state index contributed by atoms with van der Waals surface area (Å²) in [5, 5.41) is 7.87. The van der Waals surface area contributed by atoms with Gasteiger partial charge in [-0.05, 0) is 23.3 Å². The maximum absolute atomic E-state index is 12.0. The molecular weight excluding hydrogens is 310 g/mol. The molecule has 116 valence electrons. The monoisotopic (exact) mass is 325 g/mol. The molecule has 0 aliphatic heterocycles. The van der Waals surface area contributed by atoms with Crippen LogP contribution >= 0.6 is 11.6 Å². The molecule has 0 spiro atoms. The molecule has 0 bridgehead atoms. The Morgan fingerprint density at radius 3 is 2.61 bits per heavy atom. The van der Waals surface area contributed by atoms with Gasteiger partial charge in [0.1, 0.15) is 0 Å². The number of anilines is 1. The van der Waals surface area contributed by atoms with Crippen molar-refractivity contribution in [3.8, 4) is 0 Å². The maximum Gasteiger partial charge on any atom is 0.229 e. The molecule has 0 saturated carbocycles. The molecule has 23 heavy (non-hydrogen) atoms. The molecule has 5 heteroatoms. The van der Waals surface area contributed by atoms with Gasteiger partial charge in [-0.1, -0.05) is 54.1 Å². The van der Waals surface area contributed by atoms with Gasteiger partial charge >= 0.3 is 0 Å². The van der Waals surface area contributed by atoms with E-state index in [0.717, 1.165) is 11.1 Å². The van der Waals surface area contributed by atoms with E-state index in [4.69, 9.17) is 11.6 Å². The van der Waals surface area contributed by atoms with Crippen LogP contribution in [0.15, 0.2) is 66.9 Å². The summed E-state index contributed by atoms with van der Waals surface area (Å²) in [6.07, 6.45) is 2.17. The van der Waals surface area contributed by atoms with E-state index in [1.165, 1.54) is 0 Å². The number of nitrogens with one attached hydrogen (secondary N) is 1. The van der Waals surface area contributed by atoms with E-state index >= 15 is 0 Å². The molecule has 1 aromatic heterocycles. The van der Waals surface area contributed by atoms with Gasteiger partial charge in [-0.3, -0.25) is 9.48 Å². The Morgan fingerprint density at radius 1 is 1.04 bits per heavy atom. The van der Waals surface area contributed by atoms with Crippen LogP contribution in [0.5, 0.6) is 0 Å². The van der Waals surface area contributed by atoms with Crippen molar-refractivity contribution in [1.29, 1.82) is 0 Å². The molecule has 1 amide bonds. The average molecular weight is 326 g/mol. The number of carbonyl (C=O) groups excluding carboxylic acids is 1. The lowest BCUT2D eigenvalue weighted by Gasteiger charge is -2.04. The quantitative estimate of drug-likeness (QED) is 0.776. The highest BCUT2D eigenvalue weighted by molar-refractivity contribution is 6.30. The molecule has 0 radical (unpaired) electrons. The number of benzene rings is 2. The van der Waals surface area contributed by atoms with E-state index in [-0.39, 0.29) is 5.91 Å². The van der Waals surface area contributed by atoms with Gasteiger partial charge in [-0.25, -0.2) is 0 Å². The summed E-state index contributed by atoms with van der Waals surface area (Å²) in [6.45, 7) is 0.606. The largest absolute Gasteiger partial charge is 0.309 e. The molecule has 0 aliphatic carbocycles. The summed E-state index contributed by atoms with van der Waals surface area (Å²) in [7, 11) is 0. The molecular formula is C18H16ClN3O. The first-order chi connectivity index (χ1) is 11.2. The molecule has 0 aliphatic rings. The normalized spacial score (nSPS) is 10.5. The van der Waals surface area contributed by atoms with E-state index in [1.807, 2.05) is 60.8 Å². The Bertz CT molecular complexity index is 799. The van der Waals surface area contributed by atoms with Gasteiger partial charge in [0.15, 0.2) is 5.82 Å². The fourth-order valence-electron chi connectivity index (χ4n) is 2.31. The van der Waals surface area contributed by atoms with Gasteiger partial charge in [0.05, 0.1) is 13.0 Å². The highest BCUT2D eigenvalue weighted by Gasteiger charge is 2.06. The number of nitrogens with zero attached hydrogens (tertiary/aromatic N) is 2. The predicted molar refractivity (Wildman–Crippen MR) is 91.6 cm³/mol. The number of carbonyl (C=O) groups is 1. The van der Waals surface area contributed by atoms with Gasteiger partial charge in [-0.15, -0.1) is 0 Å². The maximum atomic E-state index is 12.0. The van der Waals surface area contributed by atoms with Crippen LogP contribution in [0, 0.1) is 0 Å². The molecule has 0 saturated heterocycles. The minimum Gasteiger partial charge on any atom is -0.309 e. The lowest BCUT2D eigenvalue weighted by Crippen LogP contribution is -2.15. The minimum absolute atomic E-state index is 0.0794. The fraction of sp³-hybridized carbons (Fsp3) is 0.111. The number of halogens is 1. The van der Waals surface area contributed by atoms with E-state index in [9.17, 15) is 4.79 Å². The van der Waals surface area contributed by atoms with Crippen molar-refractivity contribution in [2.45, 2.75) is 13.0 Å². The SMILES string of the molecule is O=C(Cc1ccccc1)Nc1ccn(Cc2cccc(Cl)c2)n1. The Labute approximate surface area is 139 Å². The van der Waals surface area contributed by atoms with Gasteiger partial charge in [0.2, 0.25) is 5.91 Å². The van der Waals surface area contributed by atoms with Crippen LogP contribution in [-0.4, -0.2) is 15.7 Å². The van der Waals surface area contributed by atoms with Gasteiger partial charge in [-0.2, -0.15) is 5.10 Å². The first kappa shape index (κ1) is 15.3. The number of hydrogen-bond donors (Lipinski definition) is 1. The van der Waals surface area contributed by atoms with Crippen LogP contribution in [0.3, 0.4) is 0 Å². The third kappa shape index (κ3) is 4.44. The summed E-state index contributed by atoms with van der Waals surface area (Å²) < 4.78 is 1.77. The molecule has 3 aromatic rings. The molecule has 0 atom stereocenters. The zero-order chi connectivity index (χ0) is 16.1. The van der Waals surface area contributed by atoms with Gasteiger partial charge < -0.3 is 5.32 Å². The van der Waals surface area contributed by atoms with Crippen molar-refractivity contribution < 1.29 is 4.79 Å². The van der Waals surface area contributed by atoms with Crippen molar-refractivity contribution in [3.63, 3.8) is 0 Å². The van der Waals surface area contributed by atoms with Crippen LogP contribution in [-0.2, 0) is 17.8 Å². The smallest absolute Gasteiger partial charge is 0.229 e. The zero-order valence-electron chi connectivity index (χ0n) is 12.4. The summed E-state index contributed by atoms with van der Waals surface area (Å²) in [6, 6.07) is 19.0. The third-order valence-corrected chi connectivity index (χ3v) is 3.58. The first-order valence-electron chi connectivity index (χ1n) is 7.31. The average Bonchev–Trinajstić information content (AvgIpc) is 2.95. The van der Waals surface area contributed by atoms with Crippen molar-refractivity contribution in [2.75, 3.05) is 5.32 Å². The Kier molecular flexibility index (Phi) is 4.74. The highest BCUT2D eigenvalue weighted by atomic mass is 35.5. The van der Waals surface area contributed by atoms with Crippen LogP contribution in [0.2, 0.25) is 5.02 Å². The van der Waals surface area contributed by atoms with E-state index in [0.29, 0.717) is 23.8 Å². The predicted octanol–water partition coefficient (Wildman–Crippen LogP) is 3.77. The van der Waals surface area contributed by atoms with Crippen molar-refractivity contribution in [2.24, 2.45) is 0 Å². The van der Waals surface area contributed by atoms with Crippen molar-refractivity contribution in [1.82, 2.24) is 9.78 Å².